The van der Waals surface area contributed by atoms with Crippen molar-refractivity contribution in [1.29, 1.82) is 5.41 Å². The van der Waals surface area contributed by atoms with Crippen LogP contribution in [0.4, 0.5) is 8.78 Å². The molecule has 0 aromatic heterocycles. The molecule has 0 aliphatic rings. The zero-order chi connectivity index (χ0) is 13.6. The van der Waals surface area contributed by atoms with E-state index in [1.165, 1.54) is 12.1 Å². The van der Waals surface area contributed by atoms with E-state index in [0.29, 0.717) is 13.0 Å². The summed E-state index contributed by atoms with van der Waals surface area (Å²) in [6.45, 7) is 2.39. The van der Waals surface area contributed by atoms with Crippen molar-refractivity contribution in [2.75, 3.05) is 13.1 Å². The second-order valence-electron chi connectivity index (χ2n) is 4.06. The van der Waals surface area contributed by atoms with Gasteiger partial charge in [0.05, 0.1) is 0 Å². The van der Waals surface area contributed by atoms with Crippen LogP contribution in [0.5, 0.6) is 0 Å². The molecule has 100 valence electrons. The minimum absolute atomic E-state index is 0.0485. The van der Waals surface area contributed by atoms with E-state index < -0.39 is 6.05 Å². The van der Waals surface area contributed by atoms with Crippen molar-refractivity contribution in [2.24, 2.45) is 5.73 Å². The van der Waals surface area contributed by atoms with Gasteiger partial charge in [0, 0.05) is 18.7 Å². The van der Waals surface area contributed by atoms with Crippen molar-refractivity contribution in [3.63, 3.8) is 0 Å². The van der Waals surface area contributed by atoms with Crippen LogP contribution in [0.3, 0.4) is 0 Å². The lowest BCUT2D eigenvalue weighted by molar-refractivity contribution is -0.0409. The molecule has 0 spiro atoms. The van der Waals surface area contributed by atoms with Gasteiger partial charge in [-0.25, -0.2) is 0 Å². The molecule has 0 bridgehead atoms. The van der Waals surface area contributed by atoms with Crippen molar-refractivity contribution in [3.8, 4) is 0 Å². The van der Waals surface area contributed by atoms with Gasteiger partial charge in [0.25, 0.3) is 0 Å². The normalized spacial score (nSPS) is 11.3. The summed E-state index contributed by atoms with van der Waals surface area (Å²) in [7, 11) is 0. The molecule has 0 saturated carbocycles. The van der Waals surface area contributed by atoms with E-state index in [-0.39, 0.29) is 18.1 Å². The Balaban J connectivity index is 2.39. The molecule has 0 amide bonds. The van der Waals surface area contributed by atoms with Crippen molar-refractivity contribution in [1.82, 2.24) is 10.6 Å². The fourth-order valence-electron chi connectivity index (χ4n) is 1.42. The Morgan fingerprint density at radius 3 is 2.44 bits per heavy atom. The quantitative estimate of drug-likeness (QED) is 0.270. The molecule has 4 nitrogen and oxygen atoms in total. The van der Waals surface area contributed by atoms with Gasteiger partial charge in [-0.2, -0.15) is 8.78 Å². The zero-order valence-corrected chi connectivity index (χ0v) is 10.3. The highest BCUT2D eigenvalue weighted by Crippen LogP contribution is 2.24. The number of hydrogen-bond donors (Lipinski definition) is 4. The Bertz CT molecular complexity index is 390. The van der Waals surface area contributed by atoms with Crippen LogP contribution in [0.2, 0.25) is 0 Å². The van der Waals surface area contributed by atoms with Crippen LogP contribution in [0.25, 0.3) is 0 Å². The Labute approximate surface area is 105 Å². The minimum Gasteiger partial charge on any atom is -0.370 e. The standard InChI is InChI=1S/C12H18F2N4/c1-9-3-5-10(6-4-9)12(13,14)18-8-2-7-17-11(15)16/h3-6,18H,2,7-8H2,1H3,(H4,15,16,17). The minimum atomic E-state index is -3.04. The fraction of sp³-hybridized carbons (Fsp3) is 0.417. The first-order chi connectivity index (χ1) is 8.42. The highest BCUT2D eigenvalue weighted by Gasteiger charge is 2.29. The molecule has 5 N–H and O–H groups in total. The summed E-state index contributed by atoms with van der Waals surface area (Å²) < 4.78 is 27.4. The summed E-state index contributed by atoms with van der Waals surface area (Å²) in [6, 6.07) is 3.10. The van der Waals surface area contributed by atoms with Crippen molar-refractivity contribution in [2.45, 2.75) is 19.4 Å². The molecule has 18 heavy (non-hydrogen) atoms. The van der Waals surface area contributed by atoms with Gasteiger partial charge in [0.15, 0.2) is 5.96 Å². The Kier molecular flexibility index (Phi) is 5.03. The number of benzene rings is 1. The van der Waals surface area contributed by atoms with Crippen LogP contribution in [-0.4, -0.2) is 19.0 Å². The van der Waals surface area contributed by atoms with Crippen molar-refractivity contribution >= 4 is 5.96 Å². The summed E-state index contributed by atoms with van der Waals surface area (Å²) in [5.41, 5.74) is 5.97. The fourth-order valence-corrected chi connectivity index (χ4v) is 1.42. The average molecular weight is 256 g/mol. The van der Waals surface area contributed by atoms with Crippen LogP contribution in [0, 0.1) is 12.3 Å². The summed E-state index contributed by atoms with van der Waals surface area (Å²) >= 11 is 0. The van der Waals surface area contributed by atoms with Gasteiger partial charge >= 0.3 is 6.05 Å². The van der Waals surface area contributed by atoms with Crippen LogP contribution in [0.15, 0.2) is 24.3 Å². The predicted octanol–water partition coefficient (Wildman–Crippen LogP) is 1.51. The van der Waals surface area contributed by atoms with Crippen molar-refractivity contribution < 1.29 is 8.78 Å². The maximum Gasteiger partial charge on any atom is 0.329 e. The number of nitrogens with one attached hydrogen (secondary N) is 3. The number of hydrogen-bond acceptors (Lipinski definition) is 2. The molecular weight excluding hydrogens is 238 g/mol. The molecule has 0 aliphatic heterocycles. The van der Waals surface area contributed by atoms with Gasteiger partial charge in [-0.1, -0.05) is 29.8 Å². The Hall–Kier alpha value is -1.69. The summed E-state index contributed by atoms with van der Waals surface area (Å²) in [5, 5.41) is 11.6. The molecule has 0 atom stereocenters. The monoisotopic (exact) mass is 256 g/mol. The van der Waals surface area contributed by atoms with Crippen LogP contribution in [-0.2, 0) is 6.05 Å². The maximum absolute atomic E-state index is 13.7. The van der Waals surface area contributed by atoms with E-state index in [0.717, 1.165) is 5.56 Å². The van der Waals surface area contributed by atoms with E-state index in [1.54, 1.807) is 12.1 Å². The van der Waals surface area contributed by atoms with Gasteiger partial charge in [0.2, 0.25) is 0 Å². The third-order valence-corrected chi connectivity index (χ3v) is 2.43. The van der Waals surface area contributed by atoms with E-state index in [1.807, 2.05) is 6.92 Å². The van der Waals surface area contributed by atoms with E-state index in [9.17, 15) is 8.78 Å². The van der Waals surface area contributed by atoms with Crippen molar-refractivity contribution in [3.05, 3.63) is 35.4 Å². The molecular formula is C12H18F2N4. The SMILES string of the molecule is Cc1ccc(C(F)(F)NCCCNC(=N)N)cc1. The van der Waals surface area contributed by atoms with Crippen LogP contribution in [0.1, 0.15) is 17.5 Å². The largest absolute Gasteiger partial charge is 0.370 e. The van der Waals surface area contributed by atoms with Gasteiger partial charge in [-0.05, 0) is 13.3 Å². The topological polar surface area (TPSA) is 73.9 Å². The zero-order valence-electron chi connectivity index (χ0n) is 10.3. The van der Waals surface area contributed by atoms with Gasteiger partial charge in [-0.3, -0.25) is 10.7 Å². The predicted molar refractivity (Wildman–Crippen MR) is 67.6 cm³/mol. The molecule has 0 aliphatic carbocycles. The Morgan fingerprint density at radius 1 is 1.28 bits per heavy atom. The van der Waals surface area contributed by atoms with Gasteiger partial charge in [0.1, 0.15) is 0 Å². The Morgan fingerprint density at radius 2 is 1.89 bits per heavy atom. The molecule has 6 heteroatoms. The van der Waals surface area contributed by atoms with Gasteiger partial charge < -0.3 is 11.1 Å². The molecule has 1 aromatic rings. The number of rotatable bonds is 6. The molecule has 0 fully saturated rings. The smallest absolute Gasteiger partial charge is 0.329 e. The highest BCUT2D eigenvalue weighted by atomic mass is 19.3. The molecule has 0 unspecified atom stereocenters. The summed E-state index contributed by atoms with van der Waals surface area (Å²) in [5.74, 6) is -0.153. The highest BCUT2D eigenvalue weighted by molar-refractivity contribution is 5.74. The van der Waals surface area contributed by atoms with E-state index in [4.69, 9.17) is 11.1 Å². The lowest BCUT2D eigenvalue weighted by Crippen LogP contribution is -2.37. The van der Waals surface area contributed by atoms with Crippen LogP contribution >= 0.6 is 0 Å². The summed E-state index contributed by atoms with van der Waals surface area (Å²) in [6.07, 6.45) is 0.459. The van der Waals surface area contributed by atoms with Gasteiger partial charge in [-0.15, -0.1) is 0 Å². The number of halogens is 2. The molecule has 0 heterocycles. The third kappa shape index (κ3) is 4.67. The molecule has 1 aromatic carbocycles. The second-order valence-corrected chi connectivity index (χ2v) is 4.06. The number of nitrogens with two attached hydrogens (primary N) is 1. The second kappa shape index (κ2) is 6.30. The molecule has 0 radical (unpaired) electrons. The van der Waals surface area contributed by atoms with E-state index in [2.05, 4.69) is 10.6 Å². The summed E-state index contributed by atoms with van der Waals surface area (Å²) in [4.78, 5) is 0. The first kappa shape index (κ1) is 14.4. The first-order valence-electron chi connectivity index (χ1n) is 5.70. The lowest BCUT2D eigenvalue weighted by atomic mass is 10.1. The van der Waals surface area contributed by atoms with Crippen LogP contribution < -0.4 is 16.4 Å². The molecule has 1 rings (SSSR count). The number of aryl methyl sites for hydroxylation is 1. The number of alkyl halides is 2. The third-order valence-electron chi connectivity index (χ3n) is 2.43. The average Bonchev–Trinajstić information content (AvgIpc) is 2.28. The first-order valence-corrected chi connectivity index (χ1v) is 5.70. The lowest BCUT2D eigenvalue weighted by Gasteiger charge is -2.18. The number of guanidine groups is 1. The maximum atomic E-state index is 13.7. The molecule has 0 saturated heterocycles. The van der Waals surface area contributed by atoms with E-state index >= 15 is 0 Å².